The molecule has 3 aliphatic heterocycles. The number of aliphatic hydroxyl groups excluding tert-OH is 11. The first-order valence-corrected chi connectivity index (χ1v) is 43.1. The van der Waals surface area contributed by atoms with Crippen molar-refractivity contribution >= 4 is 5.91 Å². The van der Waals surface area contributed by atoms with Gasteiger partial charge in [0.2, 0.25) is 5.91 Å². The van der Waals surface area contributed by atoms with E-state index in [1.165, 1.54) is 199 Å². The molecule has 17 unspecified atom stereocenters. The zero-order valence-electron chi connectivity index (χ0n) is 67.0. The lowest BCUT2D eigenvalue weighted by atomic mass is 9.96. The highest BCUT2D eigenvalue weighted by molar-refractivity contribution is 5.76. The second-order valence-corrected chi connectivity index (χ2v) is 30.3. The molecule has 0 spiro atoms. The van der Waals surface area contributed by atoms with Crippen LogP contribution >= 0.6 is 0 Å². The van der Waals surface area contributed by atoms with Crippen molar-refractivity contribution in [3.63, 3.8) is 0 Å². The molecule has 19 heteroatoms. The van der Waals surface area contributed by atoms with Crippen LogP contribution in [0.25, 0.3) is 0 Å². The molecule has 17 atom stereocenters. The maximum atomic E-state index is 13.5. The molecule has 0 radical (unpaired) electrons. The molecule has 108 heavy (non-hydrogen) atoms. The summed E-state index contributed by atoms with van der Waals surface area (Å²) in [5, 5.41) is 121. The summed E-state index contributed by atoms with van der Waals surface area (Å²) in [6.45, 7) is 1.63. The monoisotopic (exact) mass is 1530 g/mol. The summed E-state index contributed by atoms with van der Waals surface area (Å²) in [5.41, 5.74) is 0. The van der Waals surface area contributed by atoms with Gasteiger partial charge in [0, 0.05) is 6.42 Å². The molecule has 3 fully saturated rings. The van der Waals surface area contributed by atoms with Crippen LogP contribution in [0.4, 0.5) is 0 Å². The average molecular weight is 1530 g/mol. The highest BCUT2D eigenvalue weighted by Crippen LogP contribution is 2.33. The molecule has 0 aromatic carbocycles. The summed E-state index contributed by atoms with van der Waals surface area (Å²) in [6, 6.07) is -0.996. The first kappa shape index (κ1) is 98.6. The number of carbonyl (C=O) groups is 1. The third kappa shape index (κ3) is 46.6. The Balaban J connectivity index is 1.33. The summed E-state index contributed by atoms with van der Waals surface area (Å²) in [4.78, 5) is 13.5. The van der Waals surface area contributed by atoms with Gasteiger partial charge in [-0.15, -0.1) is 0 Å². The summed E-state index contributed by atoms with van der Waals surface area (Å²) >= 11 is 0. The number of carbonyl (C=O) groups excluding carboxylic acids is 1. The number of rotatable bonds is 68. The molecule has 1 amide bonds. The second kappa shape index (κ2) is 67.9. The maximum Gasteiger partial charge on any atom is 0.220 e. The van der Waals surface area contributed by atoms with Crippen molar-refractivity contribution in [2.24, 2.45) is 0 Å². The van der Waals surface area contributed by atoms with Gasteiger partial charge in [0.1, 0.15) is 73.2 Å². The lowest BCUT2D eigenvalue weighted by Crippen LogP contribution is -2.66. The predicted octanol–water partition coefficient (Wildman–Crippen LogP) is 15.7. The minimum absolute atomic E-state index is 0.232. The number of hydrogen-bond acceptors (Lipinski definition) is 18. The van der Waals surface area contributed by atoms with E-state index in [9.17, 15) is 61.0 Å². The quantitative estimate of drug-likeness (QED) is 0.0199. The number of unbranched alkanes of at least 4 members (excludes halogenated alkanes) is 36. The van der Waals surface area contributed by atoms with E-state index in [0.717, 1.165) is 83.5 Å². The van der Waals surface area contributed by atoms with E-state index in [-0.39, 0.29) is 18.9 Å². The lowest BCUT2D eigenvalue weighted by molar-refractivity contribution is -0.379. The van der Waals surface area contributed by atoms with Gasteiger partial charge in [-0.1, -0.05) is 329 Å². The molecular formula is C89H155NO18. The van der Waals surface area contributed by atoms with Crippen LogP contribution in [0.1, 0.15) is 316 Å². The van der Waals surface area contributed by atoms with Gasteiger partial charge in [-0.25, -0.2) is 0 Å². The van der Waals surface area contributed by atoms with E-state index in [4.69, 9.17) is 28.4 Å². The van der Waals surface area contributed by atoms with Gasteiger partial charge in [0.15, 0.2) is 18.9 Å². The topological polar surface area (TPSA) is 307 Å². The molecule has 3 aliphatic rings. The van der Waals surface area contributed by atoms with E-state index in [0.29, 0.717) is 12.8 Å². The smallest absolute Gasteiger partial charge is 0.220 e. The third-order valence-electron chi connectivity index (χ3n) is 20.8. The molecule has 0 bridgehead atoms. The molecular weight excluding hydrogens is 1370 g/mol. The van der Waals surface area contributed by atoms with Gasteiger partial charge in [0.05, 0.1) is 38.6 Å². The van der Waals surface area contributed by atoms with Crippen LogP contribution in [0.5, 0.6) is 0 Å². The number of allylic oxidation sites excluding steroid dienone is 17. The Morgan fingerprint density at radius 3 is 1.04 bits per heavy atom. The Morgan fingerprint density at radius 2 is 0.648 bits per heavy atom. The Kier molecular flexibility index (Phi) is 62.0. The molecule has 3 saturated heterocycles. The van der Waals surface area contributed by atoms with Gasteiger partial charge in [-0.2, -0.15) is 0 Å². The molecule has 0 saturated carbocycles. The van der Waals surface area contributed by atoms with Crippen LogP contribution in [0.2, 0.25) is 0 Å². The van der Waals surface area contributed by atoms with Gasteiger partial charge in [0.25, 0.3) is 0 Å². The van der Waals surface area contributed by atoms with E-state index in [1.807, 2.05) is 6.08 Å². The average Bonchev–Trinajstić information content (AvgIpc) is 0.775. The summed E-state index contributed by atoms with van der Waals surface area (Å²) < 4.78 is 34.5. The van der Waals surface area contributed by atoms with Crippen molar-refractivity contribution in [3.05, 3.63) is 109 Å². The molecule has 12 N–H and O–H groups in total. The predicted molar refractivity (Wildman–Crippen MR) is 434 cm³/mol. The third-order valence-corrected chi connectivity index (χ3v) is 20.8. The summed E-state index contributed by atoms with van der Waals surface area (Å²) in [6.07, 6.45) is 68.0. The number of aliphatic hydroxyl groups is 11. The SMILES string of the molecule is CC/C=C\C/C=C\C/C=C\C/C=C\C/C=C\C/C=C\C/C=C\CCCCCCCCCCCCCCCCCCCC(=O)NC(COC1OC(CO)C(OC2OC(CO)C(OC3OC(CO)C(O)C(O)C3O)C(O)C2O)C(O)C1O)C(O)/C=C/CC/C=C/CCCCCCCCCCCCCCCCCCCC. The minimum Gasteiger partial charge on any atom is -0.394 e. The Morgan fingerprint density at radius 1 is 0.343 bits per heavy atom. The fourth-order valence-electron chi connectivity index (χ4n) is 14.0. The van der Waals surface area contributed by atoms with Gasteiger partial charge in [-0.3, -0.25) is 4.79 Å². The number of amides is 1. The van der Waals surface area contributed by atoms with Crippen LogP contribution in [0.3, 0.4) is 0 Å². The number of ether oxygens (including phenoxy) is 6. The minimum atomic E-state index is -1.99. The molecule has 0 aromatic rings. The van der Waals surface area contributed by atoms with Crippen molar-refractivity contribution in [1.82, 2.24) is 5.32 Å². The van der Waals surface area contributed by atoms with E-state index in [2.05, 4.69) is 116 Å². The van der Waals surface area contributed by atoms with Gasteiger partial charge >= 0.3 is 0 Å². The molecule has 0 aromatic heterocycles. The van der Waals surface area contributed by atoms with Crippen LogP contribution in [0.15, 0.2) is 109 Å². The Bertz CT molecular complexity index is 2380. The van der Waals surface area contributed by atoms with E-state index < -0.39 is 124 Å². The summed E-state index contributed by atoms with van der Waals surface area (Å²) in [7, 11) is 0. The Labute approximate surface area is 653 Å². The van der Waals surface area contributed by atoms with E-state index in [1.54, 1.807) is 6.08 Å². The number of nitrogens with one attached hydrogen (secondary N) is 1. The van der Waals surface area contributed by atoms with Crippen LogP contribution in [-0.2, 0) is 33.2 Å². The standard InChI is InChI=1S/C89H155NO18/c1-3-5-7-9-11-13-15-17-19-21-23-25-27-29-30-31-32-33-34-35-36-37-38-39-40-41-42-43-45-47-49-51-53-55-57-59-61-63-65-67-77(95)90-72(73(94)66-64-62-60-58-56-54-52-50-48-46-44-28-26-24-22-20-18-16-14-12-10-8-6-4-2)71-103-87-83(101)80(98)85(75(69-92)105-87)108-89-84(102)81(99)86(76(70-93)106-89)107-88-82(100)79(97)78(96)74(68-91)104-88/h5,7,11,13,17,19,23,25,29-30,32-33,35-36,56,58,64,66,72-76,78-89,91-94,96-102H,3-4,6,8-10,12,14-16,18,20-22,24,26-28,31,34,37-55,57,59-63,65,67-71H2,1-2H3,(H,90,95)/b7-5-,13-11-,19-17-,25-23-,30-29-,33-32-,36-35-,58-56+,66-64+. The maximum absolute atomic E-state index is 13.5. The largest absolute Gasteiger partial charge is 0.394 e. The van der Waals surface area contributed by atoms with Crippen molar-refractivity contribution in [1.29, 1.82) is 0 Å². The highest BCUT2D eigenvalue weighted by Gasteiger charge is 2.54. The lowest BCUT2D eigenvalue weighted by Gasteiger charge is -2.48. The van der Waals surface area contributed by atoms with Gasteiger partial charge < -0.3 is 89.9 Å². The van der Waals surface area contributed by atoms with Crippen LogP contribution < -0.4 is 5.32 Å². The Hall–Kier alpha value is -3.55. The van der Waals surface area contributed by atoms with E-state index >= 15 is 0 Å². The zero-order valence-corrected chi connectivity index (χ0v) is 67.0. The second-order valence-electron chi connectivity index (χ2n) is 30.3. The summed E-state index contributed by atoms with van der Waals surface area (Å²) in [5.74, 6) is -0.284. The van der Waals surface area contributed by atoms with Crippen molar-refractivity contribution < 1.29 is 89.4 Å². The molecule has 3 rings (SSSR count). The highest BCUT2D eigenvalue weighted by atomic mass is 16.8. The molecule has 624 valence electrons. The normalized spacial score (nSPS) is 26.0. The van der Waals surface area contributed by atoms with Crippen molar-refractivity contribution in [3.8, 4) is 0 Å². The fourth-order valence-corrected chi connectivity index (χ4v) is 14.0. The van der Waals surface area contributed by atoms with Crippen molar-refractivity contribution in [2.75, 3.05) is 26.4 Å². The van der Waals surface area contributed by atoms with Crippen LogP contribution in [-0.4, -0.2) is 193 Å². The molecule has 0 aliphatic carbocycles. The van der Waals surface area contributed by atoms with Crippen molar-refractivity contribution in [2.45, 2.75) is 420 Å². The molecule has 19 nitrogen and oxygen atoms in total. The fraction of sp³-hybridized carbons (Fsp3) is 0.787. The van der Waals surface area contributed by atoms with Crippen LogP contribution in [0, 0.1) is 0 Å². The number of hydrogen-bond donors (Lipinski definition) is 12. The first-order valence-electron chi connectivity index (χ1n) is 43.1. The first-order chi connectivity index (χ1) is 52.8. The van der Waals surface area contributed by atoms with Gasteiger partial charge in [-0.05, 0) is 89.9 Å². The zero-order chi connectivity index (χ0) is 78.1. The molecule has 3 heterocycles.